The smallest absolute Gasteiger partial charge is 0.202 e. The van der Waals surface area contributed by atoms with Gasteiger partial charge in [-0.1, -0.05) is 35.9 Å². The Labute approximate surface area is 84.9 Å². The van der Waals surface area contributed by atoms with Crippen molar-refractivity contribution >= 4 is 9.84 Å². The highest BCUT2D eigenvalue weighted by Crippen LogP contribution is 1.92. The molecule has 0 aliphatic rings. The molecule has 0 saturated carbocycles. The van der Waals surface area contributed by atoms with Crippen molar-refractivity contribution in [3.63, 3.8) is 0 Å². The van der Waals surface area contributed by atoms with Crippen molar-refractivity contribution in [2.45, 2.75) is 6.92 Å². The zero-order valence-corrected chi connectivity index (χ0v) is 8.58. The van der Waals surface area contributed by atoms with Crippen molar-refractivity contribution in [2.75, 3.05) is 0 Å². The molecule has 0 unspecified atom stereocenters. The van der Waals surface area contributed by atoms with Gasteiger partial charge < -0.3 is 0 Å². The number of terminal acetylenes is 2. The summed E-state index contributed by atoms with van der Waals surface area (Å²) in [6.07, 6.45) is 8.87. The maximum atomic E-state index is 9.90. The van der Waals surface area contributed by atoms with Crippen molar-refractivity contribution in [1.29, 1.82) is 0 Å². The van der Waals surface area contributed by atoms with Crippen LogP contribution in [0, 0.1) is 30.3 Å². The molecule has 0 bridgehead atoms. The van der Waals surface area contributed by atoms with Crippen LogP contribution in [0.25, 0.3) is 0 Å². The maximum Gasteiger partial charge on any atom is 0.283 e. The largest absolute Gasteiger partial charge is 0.283 e. The Balaban J connectivity index is 0.000000241. The van der Waals surface area contributed by atoms with Gasteiger partial charge in [0.2, 0.25) is 0 Å². The highest BCUT2D eigenvalue weighted by molar-refractivity contribution is 8.00. The van der Waals surface area contributed by atoms with Crippen LogP contribution in [0.3, 0.4) is 0 Å². The molecule has 72 valence electrons. The van der Waals surface area contributed by atoms with Gasteiger partial charge in [-0.05, 0) is 6.92 Å². The minimum absolute atomic E-state index is 1.32. The molecule has 0 heterocycles. The molecule has 0 N–H and O–H groups in total. The third-order valence-electron chi connectivity index (χ3n) is 1.25. The van der Waals surface area contributed by atoms with Gasteiger partial charge in [-0.2, -0.15) is 0 Å². The highest BCUT2D eigenvalue weighted by Gasteiger charge is 1.92. The van der Waals surface area contributed by atoms with Crippen LogP contribution in [-0.2, 0) is 9.84 Å². The lowest BCUT2D eigenvalue weighted by Gasteiger charge is -1.82. The van der Waals surface area contributed by atoms with Crippen LogP contribution in [-0.4, -0.2) is 8.42 Å². The monoisotopic (exact) mass is 206 g/mol. The van der Waals surface area contributed by atoms with Crippen LogP contribution in [0.5, 0.6) is 0 Å². The quantitative estimate of drug-likeness (QED) is 0.477. The van der Waals surface area contributed by atoms with Gasteiger partial charge in [0.25, 0.3) is 9.84 Å². The van der Waals surface area contributed by atoms with Crippen LogP contribution < -0.4 is 0 Å². The number of rotatable bonds is 0. The molecule has 0 spiro atoms. The van der Waals surface area contributed by atoms with Gasteiger partial charge in [0.05, 0.1) is 0 Å². The molecule has 1 aromatic rings. The Bertz CT molecular complexity index is 424. The Morgan fingerprint density at radius 1 is 1.07 bits per heavy atom. The minimum Gasteiger partial charge on any atom is -0.202 e. The molecule has 14 heavy (non-hydrogen) atoms. The SMILES string of the molecule is C#CS(=O)(=O)C#C.Cc1ccccc1. The second kappa shape index (κ2) is 5.85. The first kappa shape index (κ1) is 12.3. The second-order valence-electron chi connectivity index (χ2n) is 2.39. The van der Waals surface area contributed by atoms with Crippen molar-refractivity contribution in [2.24, 2.45) is 0 Å². The molecule has 0 atom stereocenters. The van der Waals surface area contributed by atoms with E-state index in [1.54, 1.807) is 0 Å². The third-order valence-corrected chi connectivity index (χ3v) is 1.87. The summed E-state index contributed by atoms with van der Waals surface area (Å²) in [4.78, 5) is 0. The number of hydrogen-bond donors (Lipinski definition) is 0. The van der Waals surface area contributed by atoms with E-state index in [-0.39, 0.29) is 0 Å². The van der Waals surface area contributed by atoms with Gasteiger partial charge in [-0.25, -0.2) is 8.42 Å². The lowest BCUT2D eigenvalue weighted by atomic mass is 10.2. The summed E-state index contributed by atoms with van der Waals surface area (Å²) in [5.74, 6) is 0. The summed E-state index contributed by atoms with van der Waals surface area (Å²) in [6, 6.07) is 10.3. The average Bonchev–Trinajstić information content (AvgIpc) is 2.20. The first-order valence-electron chi connectivity index (χ1n) is 3.73. The molecule has 1 aromatic carbocycles. The summed E-state index contributed by atoms with van der Waals surface area (Å²) in [5.41, 5.74) is 1.32. The first-order chi connectivity index (χ1) is 6.52. The van der Waals surface area contributed by atoms with E-state index < -0.39 is 9.84 Å². The lowest BCUT2D eigenvalue weighted by molar-refractivity contribution is 0.615. The van der Waals surface area contributed by atoms with Crippen LogP contribution >= 0.6 is 0 Å². The van der Waals surface area contributed by atoms with Crippen molar-refractivity contribution in [3.05, 3.63) is 35.9 Å². The lowest BCUT2D eigenvalue weighted by Crippen LogP contribution is -1.85. The van der Waals surface area contributed by atoms with E-state index in [2.05, 4.69) is 31.9 Å². The molecular weight excluding hydrogens is 196 g/mol. The predicted molar refractivity (Wildman–Crippen MR) is 57.8 cm³/mol. The fraction of sp³-hybridized carbons (Fsp3) is 0.0909. The van der Waals surface area contributed by atoms with Crippen molar-refractivity contribution < 1.29 is 8.42 Å². The molecule has 0 saturated heterocycles. The Hall–Kier alpha value is -1.71. The zero-order chi connectivity index (χ0) is 11.0. The summed E-state index contributed by atoms with van der Waals surface area (Å²) in [6.45, 7) is 2.08. The van der Waals surface area contributed by atoms with Gasteiger partial charge in [0.15, 0.2) is 0 Å². The Morgan fingerprint density at radius 2 is 1.50 bits per heavy atom. The first-order valence-corrected chi connectivity index (χ1v) is 5.21. The van der Waals surface area contributed by atoms with Crippen LogP contribution in [0.4, 0.5) is 0 Å². The number of benzene rings is 1. The molecule has 0 amide bonds. The van der Waals surface area contributed by atoms with Crippen LogP contribution in [0.2, 0.25) is 0 Å². The fourth-order valence-electron chi connectivity index (χ4n) is 0.568. The normalized spacial score (nSPS) is 8.79. The van der Waals surface area contributed by atoms with Crippen molar-refractivity contribution in [3.8, 4) is 23.4 Å². The standard InChI is InChI=1S/C7H8.C4H2O2S/c1-7-5-3-2-4-6-7;1-3-7(5,6)4-2/h2-6H,1H3;1-2H. The van der Waals surface area contributed by atoms with Gasteiger partial charge in [-0.15, -0.1) is 12.8 Å². The van der Waals surface area contributed by atoms with Gasteiger partial charge in [0.1, 0.15) is 0 Å². The second-order valence-corrected chi connectivity index (χ2v) is 3.87. The molecule has 0 aliphatic carbocycles. The number of aryl methyl sites for hydroxylation is 1. The molecular formula is C11H10O2S. The summed E-state index contributed by atoms with van der Waals surface area (Å²) < 4.78 is 19.8. The molecule has 0 radical (unpaired) electrons. The number of sulfone groups is 1. The van der Waals surface area contributed by atoms with Crippen LogP contribution in [0.1, 0.15) is 5.56 Å². The Kier molecular flexibility index (Phi) is 5.14. The number of hydrogen-bond acceptors (Lipinski definition) is 2. The van der Waals surface area contributed by atoms with Crippen LogP contribution in [0.15, 0.2) is 30.3 Å². The average molecular weight is 206 g/mol. The molecule has 0 aliphatic heterocycles. The molecule has 3 heteroatoms. The third kappa shape index (κ3) is 5.88. The molecule has 0 fully saturated rings. The minimum atomic E-state index is -3.60. The van der Waals surface area contributed by atoms with Gasteiger partial charge >= 0.3 is 0 Å². The molecule has 1 rings (SSSR count). The summed E-state index contributed by atoms with van der Waals surface area (Å²) in [7, 11) is -3.60. The van der Waals surface area contributed by atoms with E-state index in [4.69, 9.17) is 0 Å². The highest BCUT2D eigenvalue weighted by atomic mass is 32.2. The van der Waals surface area contributed by atoms with E-state index in [9.17, 15) is 8.42 Å². The maximum absolute atomic E-state index is 9.90. The van der Waals surface area contributed by atoms with E-state index >= 15 is 0 Å². The summed E-state index contributed by atoms with van der Waals surface area (Å²) >= 11 is 0. The molecule has 0 aromatic heterocycles. The van der Waals surface area contributed by atoms with E-state index in [0.29, 0.717) is 0 Å². The van der Waals surface area contributed by atoms with E-state index in [1.165, 1.54) is 16.1 Å². The van der Waals surface area contributed by atoms with Crippen molar-refractivity contribution in [1.82, 2.24) is 0 Å². The fourth-order valence-corrected chi connectivity index (χ4v) is 0.636. The predicted octanol–water partition coefficient (Wildman–Crippen LogP) is 1.58. The van der Waals surface area contributed by atoms with Gasteiger partial charge in [-0.3, -0.25) is 0 Å². The Morgan fingerprint density at radius 3 is 1.64 bits per heavy atom. The van der Waals surface area contributed by atoms with E-state index in [0.717, 1.165) is 0 Å². The zero-order valence-electron chi connectivity index (χ0n) is 7.77. The molecule has 2 nitrogen and oxygen atoms in total. The topological polar surface area (TPSA) is 34.1 Å². The summed E-state index contributed by atoms with van der Waals surface area (Å²) in [5, 5.41) is 2.85. The van der Waals surface area contributed by atoms with Gasteiger partial charge in [0, 0.05) is 10.5 Å². The van der Waals surface area contributed by atoms with E-state index in [1.807, 2.05) is 18.2 Å².